The van der Waals surface area contributed by atoms with E-state index in [-0.39, 0.29) is 17.6 Å². The molecule has 0 spiro atoms. The summed E-state index contributed by atoms with van der Waals surface area (Å²) in [6, 6.07) is 0. The van der Waals surface area contributed by atoms with E-state index in [4.69, 9.17) is 9.47 Å². The molecule has 0 fully saturated rings. The maximum absolute atomic E-state index is 11.4. The van der Waals surface area contributed by atoms with Crippen molar-refractivity contribution in [3.8, 4) is 0 Å². The molecule has 0 rings (SSSR count). The molecular formula is C10H21NO3. The Hall–Kier alpha value is -0.610. The van der Waals surface area contributed by atoms with Crippen molar-refractivity contribution in [3.63, 3.8) is 0 Å². The number of nitrogens with one attached hydrogen (secondary N) is 1. The molecule has 0 aliphatic rings. The number of methoxy groups -OCH3 is 2. The summed E-state index contributed by atoms with van der Waals surface area (Å²) in [6.45, 7) is 6.46. The van der Waals surface area contributed by atoms with Crippen molar-refractivity contribution in [3.05, 3.63) is 0 Å². The molecule has 0 radical (unpaired) electrons. The van der Waals surface area contributed by atoms with E-state index in [9.17, 15) is 4.79 Å². The largest absolute Gasteiger partial charge is 0.354 e. The first kappa shape index (κ1) is 13.4. The Morgan fingerprint density at radius 1 is 1.29 bits per heavy atom. The third-order valence-corrected chi connectivity index (χ3v) is 1.68. The molecular weight excluding hydrogens is 182 g/mol. The lowest BCUT2D eigenvalue weighted by molar-refractivity contribution is -0.128. The standard InChI is InChI=1S/C10H21NO3/c1-10(2,3)6-8(12)11-7-9(13-4)14-5/h9H,6-7H2,1-5H3,(H,11,12). The van der Waals surface area contributed by atoms with Crippen LogP contribution in [0, 0.1) is 5.41 Å². The molecule has 0 aromatic rings. The lowest BCUT2D eigenvalue weighted by Crippen LogP contribution is -2.35. The number of hydrogen-bond donors (Lipinski definition) is 1. The van der Waals surface area contributed by atoms with Gasteiger partial charge in [-0.25, -0.2) is 0 Å². The van der Waals surface area contributed by atoms with E-state index in [0.717, 1.165) is 0 Å². The molecule has 0 aromatic heterocycles. The van der Waals surface area contributed by atoms with E-state index in [0.29, 0.717) is 13.0 Å². The van der Waals surface area contributed by atoms with Crippen LogP contribution >= 0.6 is 0 Å². The van der Waals surface area contributed by atoms with E-state index in [1.807, 2.05) is 20.8 Å². The predicted octanol–water partition coefficient (Wildman–Crippen LogP) is 1.16. The monoisotopic (exact) mass is 203 g/mol. The zero-order valence-electron chi connectivity index (χ0n) is 9.72. The smallest absolute Gasteiger partial charge is 0.220 e. The summed E-state index contributed by atoms with van der Waals surface area (Å²) in [6.07, 6.45) is 0.145. The average molecular weight is 203 g/mol. The molecule has 0 saturated heterocycles. The second-order valence-corrected chi connectivity index (χ2v) is 4.44. The van der Waals surface area contributed by atoms with Gasteiger partial charge in [0.2, 0.25) is 5.91 Å². The number of rotatable bonds is 5. The molecule has 0 aliphatic heterocycles. The van der Waals surface area contributed by atoms with Gasteiger partial charge in [0.1, 0.15) is 0 Å². The highest BCUT2D eigenvalue weighted by molar-refractivity contribution is 5.76. The highest BCUT2D eigenvalue weighted by atomic mass is 16.7. The molecule has 0 saturated carbocycles. The highest BCUT2D eigenvalue weighted by Crippen LogP contribution is 2.17. The van der Waals surface area contributed by atoms with Crippen molar-refractivity contribution in [2.24, 2.45) is 5.41 Å². The van der Waals surface area contributed by atoms with Crippen molar-refractivity contribution < 1.29 is 14.3 Å². The van der Waals surface area contributed by atoms with Crippen LogP contribution in [0.5, 0.6) is 0 Å². The fraction of sp³-hybridized carbons (Fsp3) is 0.900. The van der Waals surface area contributed by atoms with Crippen molar-refractivity contribution in [2.75, 3.05) is 20.8 Å². The molecule has 0 heterocycles. The van der Waals surface area contributed by atoms with E-state index in [1.54, 1.807) is 14.2 Å². The van der Waals surface area contributed by atoms with Crippen LogP contribution in [0.15, 0.2) is 0 Å². The van der Waals surface area contributed by atoms with Crippen LogP contribution in [0.1, 0.15) is 27.2 Å². The van der Waals surface area contributed by atoms with E-state index >= 15 is 0 Å². The Morgan fingerprint density at radius 2 is 1.79 bits per heavy atom. The minimum absolute atomic E-state index is 0.0136. The van der Waals surface area contributed by atoms with Gasteiger partial charge in [0.05, 0.1) is 6.54 Å². The summed E-state index contributed by atoms with van der Waals surface area (Å²) < 4.78 is 9.89. The summed E-state index contributed by atoms with van der Waals surface area (Å²) in [7, 11) is 3.09. The molecule has 0 unspecified atom stereocenters. The molecule has 0 bridgehead atoms. The van der Waals surface area contributed by atoms with E-state index in [2.05, 4.69) is 5.32 Å². The SMILES string of the molecule is COC(CNC(=O)CC(C)(C)C)OC. The van der Waals surface area contributed by atoms with Crippen LogP contribution in [0.25, 0.3) is 0 Å². The number of amides is 1. The number of hydrogen-bond acceptors (Lipinski definition) is 3. The summed E-state index contributed by atoms with van der Waals surface area (Å²) in [5.41, 5.74) is 0.0136. The van der Waals surface area contributed by atoms with Crippen LogP contribution in [0.2, 0.25) is 0 Å². The quantitative estimate of drug-likeness (QED) is 0.682. The maximum atomic E-state index is 11.4. The number of carbonyl (C=O) groups is 1. The van der Waals surface area contributed by atoms with Crippen molar-refractivity contribution >= 4 is 5.91 Å². The Morgan fingerprint density at radius 3 is 2.14 bits per heavy atom. The molecule has 4 nitrogen and oxygen atoms in total. The van der Waals surface area contributed by atoms with Crippen LogP contribution in [-0.4, -0.2) is 33.0 Å². The van der Waals surface area contributed by atoms with E-state index < -0.39 is 0 Å². The zero-order valence-corrected chi connectivity index (χ0v) is 9.72. The third-order valence-electron chi connectivity index (χ3n) is 1.68. The molecule has 1 amide bonds. The van der Waals surface area contributed by atoms with Crippen LogP contribution < -0.4 is 5.32 Å². The first-order chi connectivity index (χ1) is 6.39. The molecule has 0 atom stereocenters. The van der Waals surface area contributed by atoms with Crippen molar-refractivity contribution in [1.82, 2.24) is 5.32 Å². The average Bonchev–Trinajstić information content (AvgIpc) is 2.03. The summed E-state index contributed by atoms with van der Waals surface area (Å²) in [5, 5.41) is 2.75. The van der Waals surface area contributed by atoms with Gasteiger partial charge in [0.25, 0.3) is 0 Å². The fourth-order valence-electron chi connectivity index (χ4n) is 1.00. The van der Waals surface area contributed by atoms with Crippen LogP contribution in [0.3, 0.4) is 0 Å². The second kappa shape index (κ2) is 5.98. The Labute approximate surface area is 86.0 Å². The summed E-state index contributed by atoms with van der Waals surface area (Å²) in [5.74, 6) is 0.0246. The van der Waals surface area contributed by atoms with Gasteiger partial charge in [0, 0.05) is 20.6 Å². The van der Waals surface area contributed by atoms with Gasteiger partial charge in [-0.15, -0.1) is 0 Å². The lowest BCUT2D eigenvalue weighted by atomic mass is 9.92. The summed E-state index contributed by atoms with van der Waals surface area (Å²) >= 11 is 0. The zero-order chi connectivity index (χ0) is 11.2. The normalized spacial score (nSPS) is 11.9. The van der Waals surface area contributed by atoms with Gasteiger partial charge < -0.3 is 14.8 Å². The van der Waals surface area contributed by atoms with Gasteiger partial charge in [-0.05, 0) is 5.41 Å². The van der Waals surface area contributed by atoms with Gasteiger partial charge in [-0.2, -0.15) is 0 Å². The first-order valence-corrected chi connectivity index (χ1v) is 4.71. The number of carbonyl (C=O) groups excluding carboxylic acids is 1. The lowest BCUT2D eigenvalue weighted by Gasteiger charge is -2.19. The second-order valence-electron chi connectivity index (χ2n) is 4.44. The molecule has 1 N–H and O–H groups in total. The first-order valence-electron chi connectivity index (χ1n) is 4.71. The van der Waals surface area contributed by atoms with Crippen LogP contribution in [-0.2, 0) is 14.3 Å². The maximum Gasteiger partial charge on any atom is 0.220 e. The molecule has 0 aromatic carbocycles. The summed E-state index contributed by atoms with van der Waals surface area (Å²) in [4.78, 5) is 11.4. The van der Waals surface area contributed by atoms with Gasteiger partial charge in [-0.3, -0.25) is 4.79 Å². The topological polar surface area (TPSA) is 47.6 Å². The third kappa shape index (κ3) is 6.86. The van der Waals surface area contributed by atoms with Crippen molar-refractivity contribution in [1.29, 1.82) is 0 Å². The molecule has 84 valence electrons. The molecule has 4 heteroatoms. The van der Waals surface area contributed by atoms with Crippen LogP contribution in [0.4, 0.5) is 0 Å². The fourth-order valence-corrected chi connectivity index (χ4v) is 1.00. The Balaban J connectivity index is 3.74. The molecule has 0 aliphatic carbocycles. The number of ether oxygens (including phenoxy) is 2. The molecule has 14 heavy (non-hydrogen) atoms. The van der Waals surface area contributed by atoms with Gasteiger partial charge >= 0.3 is 0 Å². The van der Waals surface area contributed by atoms with E-state index in [1.165, 1.54) is 0 Å². The predicted molar refractivity (Wildman–Crippen MR) is 54.9 cm³/mol. The Kier molecular flexibility index (Phi) is 5.72. The minimum Gasteiger partial charge on any atom is -0.354 e. The minimum atomic E-state index is -0.362. The van der Waals surface area contributed by atoms with Gasteiger partial charge in [0.15, 0.2) is 6.29 Å². The highest BCUT2D eigenvalue weighted by Gasteiger charge is 2.16. The Bertz CT molecular complexity index is 171. The van der Waals surface area contributed by atoms with Gasteiger partial charge in [-0.1, -0.05) is 20.8 Å². The van der Waals surface area contributed by atoms with Crippen molar-refractivity contribution in [2.45, 2.75) is 33.5 Å².